The molecule has 0 aliphatic heterocycles. The lowest BCUT2D eigenvalue weighted by Crippen LogP contribution is -2.44. The van der Waals surface area contributed by atoms with Gasteiger partial charge in [0.25, 0.3) is 0 Å². The van der Waals surface area contributed by atoms with Gasteiger partial charge in [0.15, 0.2) is 5.65 Å². The van der Waals surface area contributed by atoms with Gasteiger partial charge in [-0.1, -0.05) is 13.8 Å². The predicted molar refractivity (Wildman–Crippen MR) is 61.6 cm³/mol. The van der Waals surface area contributed by atoms with Gasteiger partial charge in [-0.05, 0) is 29.3 Å². The number of fused-ring (bicyclic) bond motifs is 1. The number of hydrogen-bond acceptors (Lipinski definition) is 6. The van der Waals surface area contributed by atoms with E-state index in [2.05, 4.69) is 20.6 Å². The predicted octanol–water partition coefficient (Wildman–Crippen LogP) is 0.416. The summed E-state index contributed by atoms with van der Waals surface area (Å²) in [7, 11) is 0. The summed E-state index contributed by atoms with van der Waals surface area (Å²) in [5.74, 6) is 0.474. The van der Waals surface area contributed by atoms with Crippen LogP contribution in [0.5, 0.6) is 5.88 Å². The van der Waals surface area contributed by atoms with Crippen LogP contribution in [-0.2, 0) is 0 Å². The summed E-state index contributed by atoms with van der Waals surface area (Å²) in [4.78, 5) is 0. The lowest BCUT2D eigenvalue weighted by molar-refractivity contribution is 0.198. The van der Waals surface area contributed by atoms with Crippen molar-refractivity contribution >= 4 is 5.65 Å². The van der Waals surface area contributed by atoms with E-state index >= 15 is 0 Å². The average molecular weight is 236 g/mol. The molecule has 7 heteroatoms. The first-order chi connectivity index (χ1) is 8.17. The highest BCUT2D eigenvalue weighted by molar-refractivity contribution is 5.34. The Morgan fingerprint density at radius 1 is 1.35 bits per heavy atom. The van der Waals surface area contributed by atoms with Crippen molar-refractivity contribution in [1.82, 2.24) is 25.3 Å². The molecule has 2 aromatic heterocycles. The van der Waals surface area contributed by atoms with Crippen molar-refractivity contribution in [2.24, 2.45) is 5.73 Å². The van der Waals surface area contributed by atoms with E-state index < -0.39 is 0 Å². The third-order valence-corrected chi connectivity index (χ3v) is 2.96. The van der Waals surface area contributed by atoms with Crippen LogP contribution in [0.15, 0.2) is 12.1 Å². The summed E-state index contributed by atoms with van der Waals surface area (Å²) in [5.41, 5.74) is 6.41. The molecule has 92 valence electrons. The van der Waals surface area contributed by atoms with Gasteiger partial charge in [0.2, 0.25) is 5.88 Å². The molecule has 2 heterocycles. The Bertz CT molecular complexity index is 492. The Hall–Kier alpha value is -1.76. The van der Waals surface area contributed by atoms with Crippen LogP contribution in [0.25, 0.3) is 5.65 Å². The van der Waals surface area contributed by atoms with Crippen LogP contribution in [-0.4, -0.2) is 37.4 Å². The highest BCUT2D eigenvalue weighted by Gasteiger charge is 2.21. The Morgan fingerprint density at radius 2 is 2.12 bits per heavy atom. The molecule has 0 bridgehead atoms. The molecule has 0 unspecified atom stereocenters. The number of aromatic nitrogens is 5. The first kappa shape index (κ1) is 11.7. The number of tetrazole rings is 1. The summed E-state index contributed by atoms with van der Waals surface area (Å²) in [5, 5.41) is 15.1. The van der Waals surface area contributed by atoms with Crippen molar-refractivity contribution < 1.29 is 4.74 Å². The minimum absolute atomic E-state index is 0.308. The van der Waals surface area contributed by atoms with Crippen molar-refractivity contribution in [2.75, 3.05) is 6.61 Å². The molecule has 0 amide bonds. The molecule has 0 atom stereocenters. The van der Waals surface area contributed by atoms with Crippen LogP contribution < -0.4 is 10.5 Å². The van der Waals surface area contributed by atoms with Gasteiger partial charge in [0.05, 0.1) is 0 Å². The van der Waals surface area contributed by atoms with Gasteiger partial charge >= 0.3 is 0 Å². The summed E-state index contributed by atoms with van der Waals surface area (Å²) >= 11 is 0. The maximum absolute atomic E-state index is 6.14. The maximum Gasteiger partial charge on any atom is 0.233 e. The molecule has 2 aromatic rings. The van der Waals surface area contributed by atoms with Gasteiger partial charge in [-0.25, -0.2) is 0 Å². The van der Waals surface area contributed by atoms with E-state index in [1.807, 2.05) is 13.8 Å². The molecule has 0 radical (unpaired) electrons. The summed E-state index contributed by atoms with van der Waals surface area (Å²) in [6.07, 6.45) is 1.72. The third kappa shape index (κ3) is 2.50. The standard InChI is InChI=1S/C10H16N6O/c1-3-10(11,4-2)7-17-9-6-5-8-12-14-15-16(8)13-9/h5-6H,3-4,7,11H2,1-2H3. The molecular formula is C10H16N6O. The SMILES string of the molecule is CCC(N)(CC)COc1ccc2nnnn2n1. The van der Waals surface area contributed by atoms with Gasteiger partial charge in [-0.3, -0.25) is 0 Å². The van der Waals surface area contributed by atoms with Crippen molar-refractivity contribution in [1.29, 1.82) is 0 Å². The Labute approximate surface area is 98.9 Å². The number of nitrogens with zero attached hydrogens (tertiary/aromatic N) is 5. The first-order valence-corrected chi connectivity index (χ1v) is 5.64. The molecule has 0 fully saturated rings. The molecule has 0 aromatic carbocycles. The highest BCUT2D eigenvalue weighted by atomic mass is 16.5. The van der Waals surface area contributed by atoms with Crippen molar-refractivity contribution in [2.45, 2.75) is 32.2 Å². The number of rotatable bonds is 5. The molecule has 2 N–H and O–H groups in total. The fourth-order valence-electron chi connectivity index (χ4n) is 1.38. The third-order valence-electron chi connectivity index (χ3n) is 2.96. The quantitative estimate of drug-likeness (QED) is 0.808. The van der Waals surface area contributed by atoms with Gasteiger partial charge in [-0.2, -0.15) is 0 Å². The average Bonchev–Trinajstić information content (AvgIpc) is 2.83. The van der Waals surface area contributed by atoms with Gasteiger partial charge in [0, 0.05) is 11.6 Å². The summed E-state index contributed by atoms with van der Waals surface area (Å²) < 4.78 is 6.90. The van der Waals surface area contributed by atoms with Crippen LogP contribution in [0.1, 0.15) is 26.7 Å². The van der Waals surface area contributed by atoms with Crippen molar-refractivity contribution in [3.05, 3.63) is 12.1 Å². The first-order valence-electron chi connectivity index (χ1n) is 5.64. The molecule has 0 spiro atoms. The van der Waals surface area contributed by atoms with Crippen LogP contribution in [0.3, 0.4) is 0 Å². The van der Waals surface area contributed by atoms with Crippen LogP contribution in [0.4, 0.5) is 0 Å². The Kier molecular flexibility index (Phi) is 3.19. The normalized spacial score (nSPS) is 11.9. The minimum Gasteiger partial charge on any atom is -0.475 e. The molecule has 7 nitrogen and oxygen atoms in total. The fourth-order valence-corrected chi connectivity index (χ4v) is 1.38. The molecule has 0 aliphatic carbocycles. The molecule has 17 heavy (non-hydrogen) atoms. The fraction of sp³-hybridized carbons (Fsp3) is 0.600. The van der Waals surface area contributed by atoms with Crippen LogP contribution in [0.2, 0.25) is 0 Å². The lowest BCUT2D eigenvalue weighted by Gasteiger charge is -2.25. The highest BCUT2D eigenvalue weighted by Crippen LogP contribution is 2.14. The molecule has 0 saturated heterocycles. The second-order valence-electron chi connectivity index (χ2n) is 4.06. The molecule has 0 aliphatic rings. The van der Waals surface area contributed by atoms with Gasteiger partial charge in [0.1, 0.15) is 6.61 Å². The second-order valence-corrected chi connectivity index (χ2v) is 4.06. The van der Waals surface area contributed by atoms with Gasteiger partial charge in [-0.15, -0.1) is 14.8 Å². The van der Waals surface area contributed by atoms with E-state index in [1.165, 1.54) is 4.63 Å². The topological polar surface area (TPSA) is 91.2 Å². The lowest BCUT2D eigenvalue weighted by atomic mass is 9.96. The van der Waals surface area contributed by atoms with E-state index in [4.69, 9.17) is 10.5 Å². The van der Waals surface area contributed by atoms with Crippen molar-refractivity contribution in [3.8, 4) is 5.88 Å². The maximum atomic E-state index is 6.14. The zero-order valence-electron chi connectivity index (χ0n) is 10.00. The zero-order valence-corrected chi connectivity index (χ0v) is 10.00. The number of nitrogens with two attached hydrogens (primary N) is 1. The van der Waals surface area contributed by atoms with E-state index in [0.29, 0.717) is 18.1 Å². The Balaban J connectivity index is 2.08. The largest absolute Gasteiger partial charge is 0.475 e. The zero-order chi connectivity index (χ0) is 12.3. The van der Waals surface area contributed by atoms with Gasteiger partial charge < -0.3 is 10.5 Å². The van der Waals surface area contributed by atoms with Crippen molar-refractivity contribution in [3.63, 3.8) is 0 Å². The summed E-state index contributed by atoms with van der Waals surface area (Å²) in [6, 6.07) is 3.48. The minimum atomic E-state index is -0.308. The van der Waals surface area contributed by atoms with E-state index in [9.17, 15) is 0 Å². The van der Waals surface area contributed by atoms with E-state index in [1.54, 1.807) is 12.1 Å². The van der Waals surface area contributed by atoms with Crippen LogP contribution >= 0.6 is 0 Å². The smallest absolute Gasteiger partial charge is 0.233 e. The number of ether oxygens (including phenoxy) is 1. The summed E-state index contributed by atoms with van der Waals surface area (Å²) in [6.45, 7) is 4.52. The van der Waals surface area contributed by atoms with E-state index in [-0.39, 0.29) is 5.54 Å². The van der Waals surface area contributed by atoms with E-state index in [0.717, 1.165) is 12.8 Å². The molecular weight excluding hydrogens is 220 g/mol. The molecule has 2 rings (SSSR count). The molecule has 0 saturated carbocycles. The second kappa shape index (κ2) is 4.62. The monoisotopic (exact) mass is 236 g/mol. The number of hydrogen-bond donors (Lipinski definition) is 1. The van der Waals surface area contributed by atoms with Crippen LogP contribution in [0, 0.1) is 0 Å². The Morgan fingerprint density at radius 3 is 2.82 bits per heavy atom.